The molecule has 2 saturated heterocycles. The van der Waals surface area contributed by atoms with Crippen LogP contribution in [0.15, 0.2) is 48.8 Å². The van der Waals surface area contributed by atoms with Gasteiger partial charge in [-0.1, -0.05) is 0 Å². The van der Waals surface area contributed by atoms with Crippen LogP contribution in [0.1, 0.15) is 42.3 Å². The Labute approximate surface area is 225 Å². The van der Waals surface area contributed by atoms with E-state index in [4.69, 9.17) is 14.6 Å². The van der Waals surface area contributed by atoms with Gasteiger partial charge in [-0.15, -0.1) is 5.10 Å². The molecule has 39 heavy (non-hydrogen) atoms. The van der Waals surface area contributed by atoms with Crippen molar-refractivity contribution in [2.45, 2.75) is 31.4 Å². The maximum absolute atomic E-state index is 14.5. The molecule has 7 rings (SSSR count). The molecular formula is C29H29FN6O3. The Hall–Kier alpha value is -4.18. The molecule has 3 aromatic heterocycles. The van der Waals surface area contributed by atoms with E-state index in [-0.39, 0.29) is 18.0 Å². The Kier molecular flexibility index (Phi) is 6.04. The first kappa shape index (κ1) is 23.9. The molecule has 9 nitrogen and oxygen atoms in total. The highest BCUT2D eigenvalue weighted by atomic mass is 19.1. The summed E-state index contributed by atoms with van der Waals surface area (Å²) in [4.78, 5) is 13.4. The first-order chi connectivity index (χ1) is 19.1. The fraction of sp³-hybridized carbons (Fsp3) is 0.345. The van der Waals surface area contributed by atoms with Gasteiger partial charge in [-0.2, -0.15) is 0 Å². The summed E-state index contributed by atoms with van der Waals surface area (Å²) in [6.07, 6.45) is 9.88. The van der Waals surface area contributed by atoms with Crippen LogP contribution in [0.2, 0.25) is 0 Å². The van der Waals surface area contributed by atoms with Crippen LogP contribution in [0, 0.1) is 5.82 Å². The molecular weight excluding hydrogens is 499 g/mol. The summed E-state index contributed by atoms with van der Waals surface area (Å²) in [6, 6.07) is 10.8. The van der Waals surface area contributed by atoms with Crippen molar-refractivity contribution in [3.63, 3.8) is 0 Å². The number of nitrogens with zero attached hydrogens (tertiary/aromatic N) is 6. The molecule has 0 aliphatic carbocycles. The van der Waals surface area contributed by atoms with Gasteiger partial charge in [0.05, 0.1) is 41.6 Å². The predicted molar refractivity (Wildman–Crippen MR) is 146 cm³/mol. The van der Waals surface area contributed by atoms with Crippen LogP contribution in [0.25, 0.3) is 17.8 Å². The van der Waals surface area contributed by atoms with Crippen LogP contribution in [0.4, 0.5) is 15.9 Å². The second-order valence-electron chi connectivity index (χ2n) is 10.2. The highest BCUT2D eigenvalue weighted by molar-refractivity contribution is 5.68. The largest absolute Gasteiger partial charge is 0.486 e. The van der Waals surface area contributed by atoms with Crippen molar-refractivity contribution in [3.8, 4) is 11.5 Å². The Balaban J connectivity index is 1.15. The summed E-state index contributed by atoms with van der Waals surface area (Å²) in [5.74, 6) is 1.56. The molecule has 0 radical (unpaired) electrons. The number of β-amino-alcohol motifs (C(OH)–C–C–N with tert-alkyl or cyclic N) is 1. The molecule has 3 aliphatic heterocycles. The zero-order valence-corrected chi connectivity index (χ0v) is 21.4. The van der Waals surface area contributed by atoms with E-state index in [0.717, 1.165) is 66.5 Å². The summed E-state index contributed by atoms with van der Waals surface area (Å²) < 4.78 is 27.9. The van der Waals surface area contributed by atoms with Crippen molar-refractivity contribution in [1.29, 1.82) is 0 Å². The van der Waals surface area contributed by atoms with Gasteiger partial charge in [-0.25, -0.2) is 13.9 Å². The molecule has 2 fully saturated rings. The normalized spacial score (nSPS) is 21.0. The number of halogens is 1. The second kappa shape index (κ2) is 9.85. The monoisotopic (exact) mass is 528 g/mol. The lowest BCUT2D eigenvalue weighted by molar-refractivity contribution is 0.168. The Bertz CT molecular complexity index is 1540. The van der Waals surface area contributed by atoms with E-state index >= 15 is 0 Å². The summed E-state index contributed by atoms with van der Waals surface area (Å²) in [5.41, 5.74) is 4.21. The van der Waals surface area contributed by atoms with E-state index in [2.05, 4.69) is 19.8 Å². The minimum atomic E-state index is -0.328. The number of ether oxygens (including phenoxy) is 2. The van der Waals surface area contributed by atoms with Gasteiger partial charge in [0.2, 0.25) is 0 Å². The summed E-state index contributed by atoms with van der Waals surface area (Å²) in [6.45, 7) is 3.16. The lowest BCUT2D eigenvalue weighted by Gasteiger charge is -2.29. The number of aliphatic hydroxyl groups excluding tert-OH is 1. The van der Waals surface area contributed by atoms with Gasteiger partial charge >= 0.3 is 0 Å². The van der Waals surface area contributed by atoms with Gasteiger partial charge in [-0.05, 0) is 61.7 Å². The van der Waals surface area contributed by atoms with Crippen LogP contribution in [0.5, 0.6) is 11.5 Å². The Morgan fingerprint density at radius 1 is 0.974 bits per heavy atom. The van der Waals surface area contributed by atoms with E-state index in [9.17, 15) is 9.50 Å². The van der Waals surface area contributed by atoms with Gasteiger partial charge in [0.25, 0.3) is 0 Å². The number of aliphatic hydroxyl groups is 1. The third-order valence-electron chi connectivity index (χ3n) is 7.64. The zero-order chi connectivity index (χ0) is 26.3. The zero-order valence-electron chi connectivity index (χ0n) is 21.4. The number of rotatable bonds is 5. The van der Waals surface area contributed by atoms with Crippen molar-refractivity contribution in [1.82, 2.24) is 19.6 Å². The Morgan fingerprint density at radius 2 is 1.90 bits per heavy atom. The number of aromatic nitrogens is 4. The number of imidazole rings is 1. The molecule has 1 N–H and O–H groups in total. The molecule has 10 heteroatoms. The summed E-state index contributed by atoms with van der Waals surface area (Å²) in [7, 11) is 0. The third-order valence-corrected chi connectivity index (χ3v) is 7.64. The highest BCUT2D eigenvalue weighted by Gasteiger charge is 2.32. The molecule has 3 aliphatic rings. The predicted octanol–water partition coefficient (Wildman–Crippen LogP) is 4.12. The van der Waals surface area contributed by atoms with Crippen LogP contribution >= 0.6 is 0 Å². The lowest BCUT2D eigenvalue weighted by atomic mass is 10.0. The molecule has 0 bridgehead atoms. The van der Waals surface area contributed by atoms with Crippen molar-refractivity contribution < 1.29 is 19.0 Å². The fourth-order valence-corrected chi connectivity index (χ4v) is 5.74. The van der Waals surface area contributed by atoms with E-state index < -0.39 is 0 Å². The molecule has 4 aromatic rings. The van der Waals surface area contributed by atoms with Gasteiger partial charge in [-0.3, -0.25) is 4.98 Å². The topological polar surface area (TPSA) is 88.2 Å². The number of benzene rings is 1. The van der Waals surface area contributed by atoms with Crippen molar-refractivity contribution in [3.05, 3.63) is 71.6 Å². The van der Waals surface area contributed by atoms with Crippen LogP contribution in [0.3, 0.4) is 0 Å². The molecule has 2 atom stereocenters. The van der Waals surface area contributed by atoms with Gasteiger partial charge in [0, 0.05) is 31.3 Å². The molecule has 0 amide bonds. The molecule has 1 aromatic carbocycles. The number of fused-ring (bicyclic) bond motifs is 2. The molecule has 0 spiro atoms. The first-order valence-electron chi connectivity index (χ1n) is 13.4. The summed E-state index contributed by atoms with van der Waals surface area (Å²) in [5, 5.41) is 14.7. The van der Waals surface area contributed by atoms with Gasteiger partial charge in [0.15, 0.2) is 17.1 Å². The van der Waals surface area contributed by atoms with Crippen LogP contribution in [-0.2, 0) is 0 Å². The fourth-order valence-electron chi connectivity index (χ4n) is 5.74. The van der Waals surface area contributed by atoms with Gasteiger partial charge in [0.1, 0.15) is 24.8 Å². The van der Waals surface area contributed by atoms with Crippen LogP contribution in [-0.4, -0.2) is 63.6 Å². The SMILES string of the molecule is OC1CCN(c2ccc(/C=C/c3cnc4ccc(N5CCC[C@@H]5c5cc(F)cc6c5OCCO6)nn34)nc2)C1. The number of pyridine rings is 1. The minimum Gasteiger partial charge on any atom is -0.486 e. The van der Waals surface area contributed by atoms with Crippen molar-refractivity contribution in [2.24, 2.45) is 0 Å². The maximum Gasteiger partial charge on any atom is 0.166 e. The van der Waals surface area contributed by atoms with E-state index in [1.165, 1.54) is 6.07 Å². The number of hydrogen-bond donors (Lipinski definition) is 1. The lowest BCUT2D eigenvalue weighted by Crippen LogP contribution is -2.26. The standard InChI is InChI=1S/C29H29FN6O3/c30-19-14-24(29-26(15-19)38-12-13-39-29)25-2-1-10-35(25)28-8-7-27-32-17-22(36(27)33-28)6-4-20-3-5-21(16-31-20)34-11-9-23(37)18-34/h3-8,14-17,23,25,37H,1-2,9-13,18H2/b6-4+/t23?,25-/m1/s1. The van der Waals surface area contributed by atoms with E-state index in [1.807, 2.05) is 47.1 Å². The molecule has 200 valence electrons. The van der Waals surface area contributed by atoms with Crippen LogP contribution < -0.4 is 19.3 Å². The second-order valence-corrected chi connectivity index (χ2v) is 10.2. The van der Waals surface area contributed by atoms with Crippen molar-refractivity contribution >= 4 is 29.3 Å². The quantitative estimate of drug-likeness (QED) is 0.414. The van der Waals surface area contributed by atoms with E-state index in [1.54, 1.807) is 12.3 Å². The van der Waals surface area contributed by atoms with Crippen molar-refractivity contribution in [2.75, 3.05) is 42.6 Å². The molecule has 0 saturated carbocycles. The summed E-state index contributed by atoms with van der Waals surface area (Å²) >= 11 is 0. The first-order valence-corrected chi connectivity index (χ1v) is 13.4. The highest BCUT2D eigenvalue weighted by Crippen LogP contribution is 2.44. The number of hydrogen-bond acceptors (Lipinski definition) is 8. The Morgan fingerprint density at radius 3 is 2.74 bits per heavy atom. The van der Waals surface area contributed by atoms with Gasteiger partial charge < -0.3 is 24.4 Å². The average Bonchev–Trinajstić information content (AvgIpc) is 3.71. The average molecular weight is 529 g/mol. The number of anilines is 2. The molecule has 6 heterocycles. The third kappa shape index (κ3) is 4.54. The molecule has 1 unspecified atom stereocenters. The maximum atomic E-state index is 14.5. The van der Waals surface area contributed by atoms with E-state index in [0.29, 0.717) is 31.3 Å². The minimum absolute atomic E-state index is 0.0666. The smallest absolute Gasteiger partial charge is 0.166 e.